The summed E-state index contributed by atoms with van der Waals surface area (Å²) in [6.07, 6.45) is 1.92. The number of halogens is 1. The average molecular weight is 477 g/mol. The number of methoxy groups -OCH3 is 2. The molecular weight excluding hydrogens is 456 g/mol. The molecule has 1 atom stereocenters. The van der Waals surface area contributed by atoms with E-state index in [-0.39, 0.29) is 12.0 Å². The molecule has 1 aliphatic rings. The number of carbonyl (C=O) groups is 1. The zero-order valence-electron chi connectivity index (χ0n) is 16.2. The smallest absolute Gasteiger partial charge is 0.264 e. The molecule has 1 unspecified atom stereocenters. The minimum absolute atomic E-state index is 0.00528. The number of para-hydroxylation sites is 1. The van der Waals surface area contributed by atoms with Gasteiger partial charge in [-0.25, -0.2) is 4.98 Å². The first-order valence-corrected chi connectivity index (χ1v) is 10.9. The van der Waals surface area contributed by atoms with Crippen molar-refractivity contribution in [1.29, 1.82) is 0 Å². The van der Waals surface area contributed by atoms with Crippen LogP contribution in [0.1, 0.15) is 23.2 Å². The SMILES string of the molecule is COc1cccc(C(=O)N(CC2CCCO2)c2nc3ccc(Br)cc3s2)c1OC. The average Bonchev–Trinajstić information content (AvgIpc) is 3.39. The highest BCUT2D eigenvalue weighted by Gasteiger charge is 2.29. The lowest BCUT2D eigenvalue weighted by molar-refractivity contribution is 0.0914. The largest absolute Gasteiger partial charge is 0.493 e. The van der Waals surface area contributed by atoms with Gasteiger partial charge < -0.3 is 14.2 Å². The van der Waals surface area contributed by atoms with Crippen LogP contribution in [0.2, 0.25) is 0 Å². The van der Waals surface area contributed by atoms with E-state index in [1.807, 2.05) is 18.2 Å². The van der Waals surface area contributed by atoms with Gasteiger partial charge in [0.05, 0.1) is 42.6 Å². The van der Waals surface area contributed by atoms with Crippen molar-refractivity contribution in [2.45, 2.75) is 18.9 Å². The maximum Gasteiger partial charge on any atom is 0.264 e. The molecule has 29 heavy (non-hydrogen) atoms. The molecule has 1 fully saturated rings. The number of rotatable bonds is 6. The van der Waals surface area contributed by atoms with Crippen molar-refractivity contribution in [3.63, 3.8) is 0 Å². The molecule has 1 amide bonds. The van der Waals surface area contributed by atoms with Gasteiger partial charge in [0.15, 0.2) is 16.6 Å². The Morgan fingerprint density at radius 3 is 2.90 bits per heavy atom. The highest BCUT2D eigenvalue weighted by molar-refractivity contribution is 9.10. The molecule has 0 aliphatic carbocycles. The molecule has 0 bridgehead atoms. The van der Waals surface area contributed by atoms with Crippen molar-refractivity contribution >= 4 is 48.5 Å². The number of benzene rings is 2. The van der Waals surface area contributed by atoms with Gasteiger partial charge in [-0.05, 0) is 43.2 Å². The Bertz CT molecular complexity index is 1030. The molecule has 6 nitrogen and oxygen atoms in total. The molecule has 2 heterocycles. The van der Waals surface area contributed by atoms with E-state index in [1.165, 1.54) is 18.4 Å². The van der Waals surface area contributed by atoms with Gasteiger partial charge in [-0.3, -0.25) is 9.69 Å². The van der Waals surface area contributed by atoms with Crippen LogP contribution in [0.15, 0.2) is 40.9 Å². The number of aromatic nitrogens is 1. The number of ether oxygens (including phenoxy) is 3. The van der Waals surface area contributed by atoms with E-state index in [9.17, 15) is 4.79 Å². The second kappa shape index (κ2) is 8.69. The van der Waals surface area contributed by atoms with E-state index in [4.69, 9.17) is 19.2 Å². The third kappa shape index (κ3) is 4.10. The first-order valence-electron chi connectivity index (χ1n) is 9.31. The zero-order valence-corrected chi connectivity index (χ0v) is 18.6. The molecule has 1 aromatic heterocycles. The second-order valence-electron chi connectivity index (χ2n) is 6.70. The van der Waals surface area contributed by atoms with Crippen molar-refractivity contribution < 1.29 is 19.0 Å². The zero-order chi connectivity index (χ0) is 20.4. The van der Waals surface area contributed by atoms with Crippen molar-refractivity contribution in [3.8, 4) is 11.5 Å². The fourth-order valence-electron chi connectivity index (χ4n) is 3.44. The van der Waals surface area contributed by atoms with Crippen LogP contribution in [0.5, 0.6) is 11.5 Å². The summed E-state index contributed by atoms with van der Waals surface area (Å²) in [6, 6.07) is 11.2. The molecule has 8 heteroatoms. The molecule has 4 rings (SSSR count). The standard InChI is InChI=1S/C21H21BrN2O4S/c1-26-17-7-3-6-15(19(17)27-2)20(25)24(12-14-5-4-10-28-14)21-23-16-9-8-13(22)11-18(16)29-21/h3,6-9,11,14H,4-5,10,12H2,1-2H3. The number of carbonyl (C=O) groups excluding carboxylic acids is 1. The van der Waals surface area contributed by atoms with Crippen LogP contribution in [-0.2, 0) is 4.74 Å². The number of amides is 1. The minimum atomic E-state index is -0.186. The van der Waals surface area contributed by atoms with Crippen molar-refractivity contribution in [3.05, 3.63) is 46.4 Å². The molecule has 152 valence electrons. The Morgan fingerprint density at radius 2 is 2.17 bits per heavy atom. The number of hydrogen-bond donors (Lipinski definition) is 0. The van der Waals surface area contributed by atoms with Gasteiger partial charge in [-0.1, -0.05) is 33.3 Å². The predicted molar refractivity (Wildman–Crippen MR) is 118 cm³/mol. The molecule has 0 N–H and O–H groups in total. The lowest BCUT2D eigenvalue weighted by Gasteiger charge is -2.24. The van der Waals surface area contributed by atoms with Crippen LogP contribution in [0.25, 0.3) is 10.2 Å². The van der Waals surface area contributed by atoms with Crippen LogP contribution in [0, 0.1) is 0 Å². The van der Waals surface area contributed by atoms with Gasteiger partial charge in [0, 0.05) is 11.1 Å². The Hall–Kier alpha value is -2.16. The molecule has 0 radical (unpaired) electrons. The van der Waals surface area contributed by atoms with Gasteiger partial charge in [0.2, 0.25) is 0 Å². The topological polar surface area (TPSA) is 60.9 Å². The summed E-state index contributed by atoms with van der Waals surface area (Å²) < 4.78 is 18.7. The number of nitrogens with zero attached hydrogens (tertiary/aromatic N) is 2. The summed E-state index contributed by atoms with van der Waals surface area (Å²) in [5.74, 6) is 0.749. The molecular formula is C21H21BrN2O4S. The Morgan fingerprint density at radius 1 is 1.31 bits per heavy atom. The molecule has 0 spiro atoms. The molecule has 0 saturated carbocycles. The van der Waals surface area contributed by atoms with E-state index in [2.05, 4.69) is 15.9 Å². The van der Waals surface area contributed by atoms with E-state index in [0.717, 1.165) is 34.1 Å². The maximum atomic E-state index is 13.6. The summed E-state index contributed by atoms with van der Waals surface area (Å²) in [6.45, 7) is 1.17. The van der Waals surface area contributed by atoms with Gasteiger partial charge >= 0.3 is 0 Å². The molecule has 2 aromatic carbocycles. The van der Waals surface area contributed by atoms with Gasteiger partial charge in [-0.15, -0.1) is 0 Å². The van der Waals surface area contributed by atoms with E-state index < -0.39 is 0 Å². The minimum Gasteiger partial charge on any atom is -0.493 e. The van der Waals surface area contributed by atoms with Crippen molar-refractivity contribution in [2.24, 2.45) is 0 Å². The number of anilines is 1. The monoisotopic (exact) mass is 476 g/mol. The first kappa shape index (κ1) is 20.1. The lowest BCUT2D eigenvalue weighted by atomic mass is 10.1. The maximum absolute atomic E-state index is 13.6. The quantitative estimate of drug-likeness (QED) is 0.506. The van der Waals surface area contributed by atoms with Crippen LogP contribution < -0.4 is 14.4 Å². The Kier molecular flexibility index (Phi) is 6.03. The highest BCUT2D eigenvalue weighted by Crippen LogP contribution is 2.36. The van der Waals surface area contributed by atoms with Crippen LogP contribution in [0.3, 0.4) is 0 Å². The second-order valence-corrected chi connectivity index (χ2v) is 8.63. The predicted octanol–water partition coefficient (Wildman–Crippen LogP) is 4.90. The Balaban J connectivity index is 1.76. The van der Waals surface area contributed by atoms with Crippen LogP contribution in [-0.4, -0.2) is 44.4 Å². The van der Waals surface area contributed by atoms with E-state index in [1.54, 1.807) is 30.2 Å². The first-order chi connectivity index (χ1) is 14.1. The van der Waals surface area contributed by atoms with E-state index in [0.29, 0.717) is 28.7 Å². The fraction of sp³-hybridized carbons (Fsp3) is 0.333. The Labute approximate surface area is 181 Å². The van der Waals surface area contributed by atoms with Gasteiger partial charge in [-0.2, -0.15) is 0 Å². The third-order valence-corrected chi connectivity index (χ3v) is 6.39. The summed E-state index contributed by atoms with van der Waals surface area (Å²) >= 11 is 4.98. The normalized spacial score (nSPS) is 16.2. The van der Waals surface area contributed by atoms with Gasteiger partial charge in [0.25, 0.3) is 5.91 Å². The number of fused-ring (bicyclic) bond motifs is 1. The summed E-state index contributed by atoms with van der Waals surface area (Å²) in [4.78, 5) is 20.0. The molecule has 1 saturated heterocycles. The highest BCUT2D eigenvalue weighted by atomic mass is 79.9. The number of thiazole rings is 1. The summed E-state index contributed by atoms with van der Waals surface area (Å²) in [5.41, 5.74) is 1.29. The lowest BCUT2D eigenvalue weighted by Crippen LogP contribution is -2.37. The number of hydrogen-bond acceptors (Lipinski definition) is 6. The van der Waals surface area contributed by atoms with Crippen molar-refractivity contribution in [2.75, 3.05) is 32.3 Å². The molecule has 1 aliphatic heterocycles. The van der Waals surface area contributed by atoms with Crippen molar-refractivity contribution in [1.82, 2.24) is 4.98 Å². The van der Waals surface area contributed by atoms with Crippen LogP contribution in [0.4, 0.5) is 5.13 Å². The third-order valence-electron chi connectivity index (χ3n) is 4.86. The summed E-state index contributed by atoms with van der Waals surface area (Å²) in [7, 11) is 3.09. The fourth-order valence-corrected chi connectivity index (χ4v) is 4.97. The van der Waals surface area contributed by atoms with Gasteiger partial charge in [0.1, 0.15) is 0 Å². The molecule has 3 aromatic rings. The summed E-state index contributed by atoms with van der Waals surface area (Å²) in [5, 5.41) is 0.642. The van der Waals surface area contributed by atoms with Crippen LogP contribution >= 0.6 is 27.3 Å². The van der Waals surface area contributed by atoms with E-state index >= 15 is 0 Å².